The number of benzene rings is 1. The molecule has 1 rings (SSSR count). The van der Waals surface area contributed by atoms with E-state index >= 15 is 0 Å². The van der Waals surface area contributed by atoms with Crippen LogP contribution in [0.5, 0.6) is 0 Å². The molecule has 0 heterocycles. The van der Waals surface area contributed by atoms with Crippen LogP contribution in [0.15, 0.2) is 22.7 Å². The Balaban J connectivity index is 2.86. The quantitative estimate of drug-likeness (QED) is 0.902. The van der Waals surface area contributed by atoms with Crippen LogP contribution in [0.4, 0.5) is 5.69 Å². The van der Waals surface area contributed by atoms with Gasteiger partial charge in [0.15, 0.2) is 0 Å². The number of methoxy groups -OCH3 is 1. The van der Waals surface area contributed by atoms with Crippen LogP contribution in [0, 0.1) is 11.3 Å². The molecule has 86 valence electrons. The van der Waals surface area contributed by atoms with Gasteiger partial charge in [-0.1, -0.05) is 22.9 Å². The van der Waals surface area contributed by atoms with E-state index < -0.39 is 0 Å². The Labute approximate surface area is 105 Å². The van der Waals surface area contributed by atoms with Crippen LogP contribution in [-0.4, -0.2) is 19.8 Å². The third kappa shape index (κ3) is 3.51. The third-order valence-corrected chi connectivity index (χ3v) is 2.82. The summed E-state index contributed by atoms with van der Waals surface area (Å²) >= 11 is 3.40. The summed E-state index contributed by atoms with van der Waals surface area (Å²) in [5.74, 6) is 0. The SMILES string of the molecule is CCC(COC)Nc1cc(Br)ccc1C#N. The van der Waals surface area contributed by atoms with Crippen molar-refractivity contribution in [3.63, 3.8) is 0 Å². The molecule has 0 saturated heterocycles. The summed E-state index contributed by atoms with van der Waals surface area (Å²) < 4.78 is 6.07. The summed E-state index contributed by atoms with van der Waals surface area (Å²) in [6.45, 7) is 2.72. The van der Waals surface area contributed by atoms with Gasteiger partial charge in [-0.15, -0.1) is 0 Å². The van der Waals surface area contributed by atoms with Crippen molar-refractivity contribution in [3.05, 3.63) is 28.2 Å². The molecular weight excluding hydrogens is 268 g/mol. The fourth-order valence-electron chi connectivity index (χ4n) is 1.42. The smallest absolute Gasteiger partial charge is 0.101 e. The van der Waals surface area contributed by atoms with Gasteiger partial charge in [-0.05, 0) is 24.6 Å². The number of ether oxygens (including phenoxy) is 1. The molecule has 1 aromatic carbocycles. The number of rotatable bonds is 5. The van der Waals surface area contributed by atoms with Crippen LogP contribution in [-0.2, 0) is 4.74 Å². The summed E-state index contributed by atoms with van der Waals surface area (Å²) in [4.78, 5) is 0. The number of hydrogen-bond acceptors (Lipinski definition) is 3. The van der Waals surface area contributed by atoms with Gasteiger partial charge < -0.3 is 10.1 Å². The van der Waals surface area contributed by atoms with Gasteiger partial charge in [0.1, 0.15) is 6.07 Å². The van der Waals surface area contributed by atoms with E-state index in [0.717, 1.165) is 16.6 Å². The maximum absolute atomic E-state index is 8.99. The molecule has 0 aliphatic rings. The van der Waals surface area contributed by atoms with Crippen molar-refractivity contribution in [2.75, 3.05) is 19.0 Å². The highest BCUT2D eigenvalue weighted by Crippen LogP contribution is 2.22. The molecule has 16 heavy (non-hydrogen) atoms. The van der Waals surface area contributed by atoms with Crippen molar-refractivity contribution in [2.24, 2.45) is 0 Å². The molecule has 0 aliphatic heterocycles. The monoisotopic (exact) mass is 282 g/mol. The molecule has 0 aromatic heterocycles. The first-order valence-electron chi connectivity index (χ1n) is 5.16. The zero-order valence-corrected chi connectivity index (χ0v) is 11.0. The lowest BCUT2D eigenvalue weighted by atomic mass is 10.1. The first kappa shape index (κ1) is 13.0. The maximum atomic E-state index is 8.99. The molecule has 3 nitrogen and oxygen atoms in total. The Morgan fingerprint density at radius 3 is 2.88 bits per heavy atom. The minimum atomic E-state index is 0.228. The maximum Gasteiger partial charge on any atom is 0.101 e. The van der Waals surface area contributed by atoms with Crippen molar-refractivity contribution >= 4 is 21.6 Å². The van der Waals surface area contributed by atoms with Gasteiger partial charge in [-0.25, -0.2) is 0 Å². The Hall–Kier alpha value is -1.05. The predicted octanol–water partition coefficient (Wildman–Crippen LogP) is 3.16. The summed E-state index contributed by atoms with van der Waals surface area (Å²) in [5, 5.41) is 12.3. The van der Waals surface area contributed by atoms with E-state index in [2.05, 4.69) is 34.2 Å². The number of anilines is 1. The number of nitriles is 1. The molecular formula is C12H15BrN2O. The molecule has 0 radical (unpaired) electrons. The van der Waals surface area contributed by atoms with E-state index in [9.17, 15) is 0 Å². The van der Waals surface area contributed by atoms with Crippen LogP contribution in [0.25, 0.3) is 0 Å². The first-order chi connectivity index (χ1) is 7.71. The van der Waals surface area contributed by atoms with E-state index in [4.69, 9.17) is 10.00 Å². The second-order valence-corrected chi connectivity index (χ2v) is 4.42. The first-order valence-corrected chi connectivity index (χ1v) is 5.95. The van der Waals surface area contributed by atoms with Gasteiger partial charge in [-0.2, -0.15) is 5.26 Å². The van der Waals surface area contributed by atoms with Crippen molar-refractivity contribution in [1.29, 1.82) is 5.26 Å². The second-order valence-electron chi connectivity index (χ2n) is 3.51. The minimum absolute atomic E-state index is 0.228. The molecule has 1 aromatic rings. The predicted molar refractivity (Wildman–Crippen MR) is 68.4 cm³/mol. The lowest BCUT2D eigenvalue weighted by molar-refractivity contribution is 0.184. The fraction of sp³-hybridized carbons (Fsp3) is 0.417. The van der Waals surface area contributed by atoms with Crippen molar-refractivity contribution < 1.29 is 4.74 Å². The van der Waals surface area contributed by atoms with E-state index in [1.165, 1.54) is 0 Å². The largest absolute Gasteiger partial charge is 0.383 e. The zero-order valence-electron chi connectivity index (χ0n) is 9.46. The van der Waals surface area contributed by atoms with Gasteiger partial charge in [0.2, 0.25) is 0 Å². The molecule has 0 aliphatic carbocycles. The molecule has 4 heteroatoms. The number of hydrogen-bond donors (Lipinski definition) is 1. The lowest BCUT2D eigenvalue weighted by Crippen LogP contribution is -2.24. The van der Waals surface area contributed by atoms with E-state index in [-0.39, 0.29) is 6.04 Å². The Morgan fingerprint density at radius 2 is 2.31 bits per heavy atom. The molecule has 0 fully saturated rings. The molecule has 0 spiro atoms. The van der Waals surface area contributed by atoms with Crippen LogP contribution in [0.2, 0.25) is 0 Å². The number of nitrogens with zero attached hydrogens (tertiary/aromatic N) is 1. The van der Waals surface area contributed by atoms with E-state index in [0.29, 0.717) is 12.2 Å². The van der Waals surface area contributed by atoms with Gasteiger partial charge >= 0.3 is 0 Å². The fourth-order valence-corrected chi connectivity index (χ4v) is 1.78. The summed E-state index contributed by atoms with van der Waals surface area (Å²) in [5.41, 5.74) is 1.50. The van der Waals surface area contributed by atoms with Crippen LogP contribution >= 0.6 is 15.9 Å². The van der Waals surface area contributed by atoms with Crippen molar-refractivity contribution in [1.82, 2.24) is 0 Å². The summed E-state index contributed by atoms with van der Waals surface area (Å²) in [7, 11) is 1.68. The third-order valence-electron chi connectivity index (χ3n) is 2.32. The highest BCUT2D eigenvalue weighted by Gasteiger charge is 2.09. The lowest BCUT2D eigenvalue weighted by Gasteiger charge is -2.18. The highest BCUT2D eigenvalue weighted by atomic mass is 79.9. The standard InChI is InChI=1S/C12H15BrN2O/c1-3-11(8-16-2)15-12-6-10(13)5-4-9(12)7-14/h4-6,11,15H,3,8H2,1-2H3. The minimum Gasteiger partial charge on any atom is -0.383 e. The van der Waals surface area contributed by atoms with Gasteiger partial charge in [0.25, 0.3) is 0 Å². The van der Waals surface area contributed by atoms with Gasteiger partial charge in [0.05, 0.1) is 17.9 Å². The Bertz CT molecular complexity index is 387. The summed E-state index contributed by atoms with van der Waals surface area (Å²) in [6, 6.07) is 7.97. The molecule has 1 unspecified atom stereocenters. The molecule has 1 atom stereocenters. The Kier molecular flexibility index (Phi) is 5.30. The van der Waals surface area contributed by atoms with E-state index in [1.54, 1.807) is 13.2 Å². The van der Waals surface area contributed by atoms with Crippen LogP contribution in [0.3, 0.4) is 0 Å². The normalized spacial score (nSPS) is 11.9. The second kappa shape index (κ2) is 6.51. The Morgan fingerprint density at radius 1 is 1.56 bits per heavy atom. The van der Waals surface area contributed by atoms with Gasteiger partial charge in [0, 0.05) is 17.6 Å². The average Bonchev–Trinajstić information content (AvgIpc) is 2.29. The average molecular weight is 283 g/mol. The molecule has 0 bridgehead atoms. The van der Waals surface area contributed by atoms with E-state index in [1.807, 2.05) is 12.1 Å². The van der Waals surface area contributed by atoms with Crippen LogP contribution < -0.4 is 5.32 Å². The molecule has 0 saturated carbocycles. The van der Waals surface area contributed by atoms with Gasteiger partial charge in [-0.3, -0.25) is 0 Å². The molecule has 1 N–H and O–H groups in total. The molecule has 0 amide bonds. The van der Waals surface area contributed by atoms with Crippen molar-refractivity contribution in [3.8, 4) is 6.07 Å². The summed E-state index contributed by atoms with van der Waals surface area (Å²) in [6.07, 6.45) is 0.950. The number of halogens is 1. The van der Waals surface area contributed by atoms with Crippen molar-refractivity contribution in [2.45, 2.75) is 19.4 Å². The topological polar surface area (TPSA) is 45.0 Å². The number of nitrogens with one attached hydrogen (secondary N) is 1. The van der Waals surface area contributed by atoms with Crippen LogP contribution in [0.1, 0.15) is 18.9 Å². The highest BCUT2D eigenvalue weighted by molar-refractivity contribution is 9.10. The zero-order chi connectivity index (χ0) is 12.0.